The number of fused-ring (bicyclic) bond motifs is 1. The van der Waals surface area contributed by atoms with Crippen LogP contribution in [0.15, 0.2) is 45.5 Å². The SMILES string of the molecule is Cc1ccc(Sc2c(C(=O)O)[nH]c3ccsc23)cc1. The number of thiophene rings is 1. The van der Waals surface area contributed by atoms with Crippen molar-refractivity contribution in [3.05, 3.63) is 47.0 Å². The maximum atomic E-state index is 11.3. The van der Waals surface area contributed by atoms with Crippen LogP contribution in [0.3, 0.4) is 0 Å². The van der Waals surface area contributed by atoms with Gasteiger partial charge >= 0.3 is 5.97 Å². The molecule has 0 fully saturated rings. The molecule has 96 valence electrons. The molecule has 3 nitrogen and oxygen atoms in total. The van der Waals surface area contributed by atoms with Gasteiger partial charge < -0.3 is 10.1 Å². The Bertz CT molecular complexity index is 740. The molecule has 0 amide bonds. The molecule has 0 bridgehead atoms. The Morgan fingerprint density at radius 2 is 2.00 bits per heavy atom. The zero-order valence-corrected chi connectivity index (χ0v) is 11.8. The minimum Gasteiger partial charge on any atom is -0.477 e. The standard InChI is InChI=1S/C14H11NO2S2/c1-8-2-4-9(5-3-8)19-13-11(14(16)17)15-10-6-7-18-12(10)13/h2-7,15H,1H3,(H,16,17). The number of aryl methyl sites for hydroxylation is 1. The molecule has 0 spiro atoms. The van der Waals surface area contributed by atoms with Crippen molar-refractivity contribution in [2.45, 2.75) is 16.7 Å². The average Bonchev–Trinajstić information content (AvgIpc) is 2.94. The Labute approximate surface area is 118 Å². The molecule has 0 aliphatic rings. The molecule has 0 atom stereocenters. The lowest BCUT2D eigenvalue weighted by Crippen LogP contribution is -1.97. The van der Waals surface area contributed by atoms with Gasteiger partial charge in [0.2, 0.25) is 0 Å². The van der Waals surface area contributed by atoms with Crippen LogP contribution in [-0.4, -0.2) is 16.1 Å². The van der Waals surface area contributed by atoms with Gasteiger partial charge in [0.05, 0.1) is 15.1 Å². The highest BCUT2D eigenvalue weighted by Crippen LogP contribution is 2.39. The summed E-state index contributed by atoms with van der Waals surface area (Å²) in [6.45, 7) is 2.03. The number of rotatable bonds is 3. The van der Waals surface area contributed by atoms with Crippen LogP contribution in [0.2, 0.25) is 0 Å². The summed E-state index contributed by atoms with van der Waals surface area (Å²) in [6.07, 6.45) is 0. The topological polar surface area (TPSA) is 53.1 Å². The predicted molar refractivity (Wildman–Crippen MR) is 78.4 cm³/mol. The van der Waals surface area contributed by atoms with E-state index in [-0.39, 0.29) is 5.69 Å². The number of carboxylic acids is 1. The molecule has 3 rings (SSSR count). The van der Waals surface area contributed by atoms with Crippen molar-refractivity contribution in [2.75, 3.05) is 0 Å². The van der Waals surface area contributed by atoms with Crippen molar-refractivity contribution >= 4 is 39.3 Å². The molecule has 5 heteroatoms. The van der Waals surface area contributed by atoms with E-state index in [0.717, 1.165) is 20.0 Å². The molecule has 0 saturated carbocycles. The van der Waals surface area contributed by atoms with E-state index in [2.05, 4.69) is 4.98 Å². The maximum Gasteiger partial charge on any atom is 0.353 e. The first kappa shape index (κ1) is 12.3. The minimum absolute atomic E-state index is 0.271. The second-order valence-electron chi connectivity index (χ2n) is 4.21. The normalized spacial score (nSPS) is 11.0. The zero-order chi connectivity index (χ0) is 13.4. The monoisotopic (exact) mass is 289 g/mol. The lowest BCUT2D eigenvalue weighted by Gasteiger charge is -2.02. The van der Waals surface area contributed by atoms with Crippen molar-refractivity contribution in [3.63, 3.8) is 0 Å². The van der Waals surface area contributed by atoms with E-state index in [1.807, 2.05) is 42.6 Å². The average molecular weight is 289 g/mol. The summed E-state index contributed by atoms with van der Waals surface area (Å²) < 4.78 is 1.00. The van der Waals surface area contributed by atoms with Gasteiger partial charge in [0.15, 0.2) is 0 Å². The highest BCUT2D eigenvalue weighted by Gasteiger charge is 2.18. The molecular formula is C14H11NO2S2. The van der Waals surface area contributed by atoms with E-state index in [0.29, 0.717) is 0 Å². The number of aromatic carboxylic acids is 1. The fourth-order valence-electron chi connectivity index (χ4n) is 1.86. The highest BCUT2D eigenvalue weighted by atomic mass is 32.2. The van der Waals surface area contributed by atoms with Gasteiger partial charge in [-0.1, -0.05) is 29.5 Å². The van der Waals surface area contributed by atoms with Crippen LogP contribution in [-0.2, 0) is 0 Å². The molecule has 0 saturated heterocycles. The van der Waals surface area contributed by atoms with Crippen molar-refractivity contribution in [1.29, 1.82) is 0 Å². The number of nitrogens with one attached hydrogen (secondary N) is 1. The third-order valence-corrected chi connectivity index (χ3v) is 4.99. The number of hydrogen-bond acceptors (Lipinski definition) is 3. The van der Waals surface area contributed by atoms with Crippen LogP contribution in [0.25, 0.3) is 10.2 Å². The third-order valence-electron chi connectivity index (χ3n) is 2.81. The number of carboxylic acid groups (broad SMARTS) is 1. The predicted octanol–water partition coefficient (Wildman–Crippen LogP) is 4.39. The molecule has 2 N–H and O–H groups in total. The van der Waals surface area contributed by atoms with Crippen molar-refractivity contribution in [2.24, 2.45) is 0 Å². The van der Waals surface area contributed by atoms with Crippen LogP contribution in [0.1, 0.15) is 16.1 Å². The van der Waals surface area contributed by atoms with Crippen molar-refractivity contribution in [3.8, 4) is 0 Å². The van der Waals surface area contributed by atoms with E-state index in [4.69, 9.17) is 0 Å². The molecule has 3 aromatic rings. The van der Waals surface area contributed by atoms with E-state index >= 15 is 0 Å². The summed E-state index contributed by atoms with van der Waals surface area (Å²) in [6, 6.07) is 9.99. The van der Waals surface area contributed by atoms with Gasteiger partial charge in [-0.05, 0) is 30.5 Å². The van der Waals surface area contributed by atoms with Gasteiger partial charge in [-0.15, -0.1) is 11.3 Å². The molecule has 0 aliphatic carbocycles. The number of H-pyrrole nitrogens is 1. The number of aromatic amines is 1. The van der Waals surface area contributed by atoms with Crippen LogP contribution in [0.5, 0.6) is 0 Å². The molecule has 2 aromatic heterocycles. The van der Waals surface area contributed by atoms with E-state index < -0.39 is 5.97 Å². The number of benzene rings is 1. The highest BCUT2D eigenvalue weighted by molar-refractivity contribution is 7.99. The lowest BCUT2D eigenvalue weighted by atomic mass is 10.2. The summed E-state index contributed by atoms with van der Waals surface area (Å²) in [5.41, 5.74) is 2.35. The Hall–Kier alpha value is -1.72. The summed E-state index contributed by atoms with van der Waals surface area (Å²) >= 11 is 3.05. The molecule has 0 radical (unpaired) electrons. The minimum atomic E-state index is -0.919. The third kappa shape index (κ3) is 2.27. The molecule has 2 heterocycles. The Kier molecular flexibility index (Phi) is 3.08. The second kappa shape index (κ2) is 4.75. The zero-order valence-electron chi connectivity index (χ0n) is 10.1. The Morgan fingerprint density at radius 1 is 1.26 bits per heavy atom. The van der Waals surface area contributed by atoms with Crippen molar-refractivity contribution in [1.82, 2.24) is 4.98 Å². The summed E-state index contributed by atoms with van der Waals surface area (Å²) in [7, 11) is 0. The Morgan fingerprint density at radius 3 is 2.68 bits per heavy atom. The number of hydrogen-bond donors (Lipinski definition) is 2. The quantitative estimate of drug-likeness (QED) is 0.752. The van der Waals surface area contributed by atoms with Crippen LogP contribution in [0, 0.1) is 6.92 Å². The van der Waals surface area contributed by atoms with Gasteiger partial charge in [0.25, 0.3) is 0 Å². The molecule has 1 aromatic carbocycles. The molecule has 0 aliphatic heterocycles. The van der Waals surface area contributed by atoms with E-state index in [9.17, 15) is 9.90 Å². The largest absolute Gasteiger partial charge is 0.477 e. The molecule has 0 unspecified atom stereocenters. The molecular weight excluding hydrogens is 278 g/mol. The van der Waals surface area contributed by atoms with Crippen molar-refractivity contribution < 1.29 is 9.90 Å². The maximum absolute atomic E-state index is 11.3. The van der Waals surface area contributed by atoms with Gasteiger partial charge in [-0.25, -0.2) is 4.79 Å². The van der Waals surface area contributed by atoms with Gasteiger partial charge in [0, 0.05) is 4.90 Å². The summed E-state index contributed by atoms with van der Waals surface area (Å²) in [5, 5.41) is 11.2. The van der Waals surface area contributed by atoms with Gasteiger partial charge in [-0.3, -0.25) is 0 Å². The second-order valence-corrected chi connectivity index (χ2v) is 6.21. The van der Waals surface area contributed by atoms with E-state index in [1.54, 1.807) is 11.3 Å². The van der Waals surface area contributed by atoms with Crippen LogP contribution < -0.4 is 0 Å². The van der Waals surface area contributed by atoms with Gasteiger partial charge in [0.1, 0.15) is 5.69 Å². The first-order valence-electron chi connectivity index (χ1n) is 5.72. The smallest absolute Gasteiger partial charge is 0.353 e. The van der Waals surface area contributed by atoms with E-state index in [1.165, 1.54) is 17.3 Å². The lowest BCUT2D eigenvalue weighted by molar-refractivity contribution is 0.0688. The fourth-order valence-corrected chi connectivity index (χ4v) is 3.88. The first-order valence-corrected chi connectivity index (χ1v) is 7.42. The number of carbonyl (C=O) groups is 1. The van der Waals surface area contributed by atoms with Crippen LogP contribution in [0.4, 0.5) is 0 Å². The van der Waals surface area contributed by atoms with Gasteiger partial charge in [-0.2, -0.15) is 0 Å². The summed E-state index contributed by atoms with van der Waals surface area (Å²) in [4.78, 5) is 16.1. The first-order chi connectivity index (χ1) is 9.15. The Balaban J connectivity index is 2.07. The fraction of sp³-hybridized carbons (Fsp3) is 0.0714. The molecule has 19 heavy (non-hydrogen) atoms. The van der Waals surface area contributed by atoms with Crippen LogP contribution >= 0.6 is 23.1 Å². The number of aromatic nitrogens is 1. The summed E-state index contributed by atoms with van der Waals surface area (Å²) in [5.74, 6) is -0.919.